The molecule has 0 unspecified atom stereocenters. The van der Waals surface area contributed by atoms with E-state index in [4.69, 9.17) is 0 Å². The first kappa shape index (κ1) is 18.8. The molecule has 1 aliphatic heterocycles. The van der Waals surface area contributed by atoms with Crippen LogP contribution < -0.4 is 10.2 Å². The van der Waals surface area contributed by atoms with Crippen LogP contribution in [0.3, 0.4) is 0 Å². The topological polar surface area (TPSA) is 89.9 Å². The molecule has 0 radical (unpaired) electrons. The zero-order valence-corrected chi connectivity index (χ0v) is 15.1. The molecule has 0 bridgehead atoms. The smallest absolute Gasteiger partial charge is 0.223 e. The van der Waals surface area contributed by atoms with Crippen LogP contribution in [-0.4, -0.2) is 42.0 Å². The second-order valence-corrected chi connectivity index (χ2v) is 6.83. The summed E-state index contributed by atoms with van der Waals surface area (Å²) in [4.78, 5) is 25.4. The number of benzene rings is 2. The van der Waals surface area contributed by atoms with Gasteiger partial charge in [-0.15, -0.1) is 0 Å². The van der Waals surface area contributed by atoms with Crippen molar-refractivity contribution < 1.29 is 19.8 Å². The quantitative estimate of drug-likeness (QED) is 0.538. The number of carbonyl (C=O) groups is 2. The molecule has 0 spiro atoms. The minimum Gasteiger partial charge on any atom is -0.504 e. The van der Waals surface area contributed by atoms with Crippen molar-refractivity contribution in [1.82, 2.24) is 5.32 Å². The van der Waals surface area contributed by atoms with Gasteiger partial charge < -0.3 is 20.4 Å². The first-order valence-electron chi connectivity index (χ1n) is 9.15. The third kappa shape index (κ3) is 4.78. The average Bonchev–Trinajstić information content (AvgIpc) is 2.71. The standard InChI is InChI=1S/C21H24N2O4/c24-14-16-1-4-18(5-2-16)23-11-8-17(9-12-23)21(27)22-10-7-15-3-6-19(25)20(26)13-15/h1-6,13-14,17,25-26H,7-12H2,(H,22,27). The van der Waals surface area contributed by atoms with E-state index in [1.165, 1.54) is 12.1 Å². The van der Waals surface area contributed by atoms with E-state index in [9.17, 15) is 19.8 Å². The molecule has 3 rings (SSSR count). The maximum absolute atomic E-state index is 12.4. The molecule has 1 fully saturated rings. The Morgan fingerprint density at radius 3 is 2.41 bits per heavy atom. The van der Waals surface area contributed by atoms with E-state index in [1.807, 2.05) is 24.3 Å². The summed E-state index contributed by atoms with van der Waals surface area (Å²) < 4.78 is 0. The van der Waals surface area contributed by atoms with Crippen LogP contribution in [0.2, 0.25) is 0 Å². The summed E-state index contributed by atoms with van der Waals surface area (Å²) in [6.45, 7) is 2.12. The highest BCUT2D eigenvalue weighted by Gasteiger charge is 2.24. The monoisotopic (exact) mass is 368 g/mol. The lowest BCUT2D eigenvalue weighted by Gasteiger charge is -2.33. The highest BCUT2D eigenvalue weighted by molar-refractivity contribution is 5.79. The van der Waals surface area contributed by atoms with Crippen LogP contribution in [0.25, 0.3) is 0 Å². The van der Waals surface area contributed by atoms with E-state index < -0.39 is 0 Å². The molecule has 1 saturated heterocycles. The van der Waals surface area contributed by atoms with Crippen molar-refractivity contribution in [2.24, 2.45) is 5.92 Å². The number of aldehydes is 1. The van der Waals surface area contributed by atoms with Crippen LogP contribution in [0.5, 0.6) is 11.5 Å². The van der Waals surface area contributed by atoms with Gasteiger partial charge in [-0.25, -0.2) is 0 Å². The van der Waals surface area contributed by atoms with Crippen LogP contribution >= 0.6 is 0 Å². The van der Waals surface area contributed by atoms with Gasteiger partial charge in [-0.1, -0.05) is 6.07 Å². The van der Waals surface area contributed by atoms with Crippen molar-refractivity contribution in [2.75, 3.05) is 24.5 Å². The predicted molar refractivity (Wildman–Crippen MR) is 103 cm³/mol. The van der Waals surface area contributed by atoms with Crippen molar-refractivity contribution in [3.8, 4) is 11.5 Å². The maximum Gasteiger partial charge on any atom is 0.223 e. The number of hydrogen-bond donors (Lipinski definition) is 3. The number of nitrogens with one attached hydrogen (secondary N) is 1. The zero-order valence-electron chi connectivity index (χ0n) is 15.1. The number of amides is 1. The van der Waals surface area contributed by atoms with Crippen molar-refractivity contribution in [3.63, 3.8) is 0 Å². The summed E-state index contributed by atoms with van der Waals surface area (Å²) in [6.07, 6.45) is 3.02. The van der Waals surface area contributed by atoms with Gasteiger partial charge in [-0.2, -0.15) is 0 Å². The molecule has 0 atom stereocenters. The molecule has 3 N–H and O–H groups in total. The van der Waals surface area contributed by atoms with Gasteiger partial charge in [0.15, 0.2) is 11.5 Å². The van der Waals surface area contributed by atoms with E-state index in [0.29, 0.717) is 18.5 Å². The Morgan fingerprint density at radius 1 is 1.07 bits per heavy atom. The number of carbonyl (C=O) groups excluding carboxylic acids is 2. The summed E-state index contributed by atoms with van der Waals surface area (Å²) in [5, 5.41) is 21.8. The molecule has 1 aliphatic rings. The van der Waals surface area contributed by atoms with Crippen LogP contribution in [0.1, 0.15) is 28.8 Å². The lowest BCUT2D eigenvalue weighted by Crippen LogP contribution is -2.41. The molecule has 2 aromatic carbocycles. The second kappa shape index (κ2) is 8.58. The second-order valence-electron chi connectivity index (χ2n) is 6.83. The molecule has 2 aromatic rings. The van der Waals surface area contributed by atoms with E-state index in [-0.39, 0.29) is 23.3 Å². The molecular weight excluding hydrogens is 344 g/mol. The Balaban J connectivity index is 1.43. The third-order valence-electron chi connectivity index (χ3n) is 5.01. The van der Waals surface area contributed by atoms with Crippen molar-refractivity contribution in [2.45, 2.75) is 19.3 Å². The maximum atomic E-state index is 12.4. The van der Waals surface area contributed by atoms with Gasteiger partial charge >= 0.3 is 0 Å². The van der Waals surface area contributed by atoms with Gasteiger partial charge in [0.1, 0.15) is 6.29 Å². The van der Waals surface area contributed by atoms with E-state index in [1.54, 1.807) is 6.07 Å². The number of phenolic OH excluding ortho intramolecular Hbond substituents is 2. The summed E-state index contributed by atoms with van der Waals surface area (Å²) in [5.74, 6) is -0.222. The van der Waals surface area contributed by atoms with Gasteiger partial charge in [-0.05, 0) is 61.2 Å². The van der Waals surface area contributed by atoms with Gasteiger partial charge in [0.2, 0.25) is 5.91 Å². The summed E-state index contributed by atoms with van der Waals surface area (Å²) >= 11 is 0. The molecule has 1 amide bonds. The number of piperidine rings is 1. The highest BCUT2D eigenvalue weighted by Crippen LogP contribution is 2.25. The minimum atomic E-state index is -0.146. The average molecular weight is 368 g/mol. The number of hydrogen-bond acceptors (Lipinski definition) is 5. The molecule has 1 heterocycles. The number of aromatic hydroxyl groups is 2. The van der Waals surface area contributed by atoms with Gasteiger partial charge in [-0.3, -0.25) is 9.59 Å². The van der Waals surface area contributed by atoms with Gasteiger partial charge in [0.25, 0.3) is 0 Å². The first-order chi connectivity index (χ1) is 13.1. The first-order valence-corrected chi connectivity index (χ1v) is 9.15. The fourth-order valence-corrected chi connectivity index (χ4v) is 3.36. The lowest BCUT2D eigenvalue weighted by molar-refractivity contribution is -0.125. The molecule has 0 aromatic heterocycles. The van der Waals surface area contributed by atoms with E-state index in [2.05, 4.69) is 10.2 Å². The third-order valence-corrected chi connectivity index (χ3v) is 5.01. The normalized spacial score (nSPS) is 14.7. The number of nitrogens with zero attached hydrogens (tertiary/aromatic N) is 1. The number of rotatable bonds is 6. The van der Waals surface area contributed by atoms with Gasteiger partial charge in [0.05, 0.1) is 0 Å². The van der Waals surface area contributed by atoms with Crippen LogP contribution in [0.15, 0.2) is 42.5 Å². The summed E-state index contributed by atoms with van der Waals surface area (Å²) in [7, 11) is 0. The van der Waals surface area contributed by atoms with Crippen LogP contribution in [0, 0.1) is 5.92 Å². The Bertz CT molecular complexity index is 796. The molecule has 27 heavy (non-hydrogen) atoms. The SMILES string of the molecule is O=Cc1ccc(N2CCC(C(=O)NCCc3ccc(O)c(O)c3)CC2)cc1. The van der Waals surface area contributed by atoms with Crippen LogP contribution in [-0.2, 0) is 11.2 Å². The molecule has 6 heteroatoms. The number of phenols is 2. The fraction of sp³-hybridized carbons (Fsp3) is 0.333. The Hall–Kier alpha value is -3.02. The number of anilines is 1. The Morgan fingerprint density at radius 2 is 1.78 bits per heavy atom. The molecule has 0 saturated carbocycles. The highest BCUT2D eigenvalue weighted by atomic mass is 16.3. The van der Waals surface area contributed by atoms with Crippen molar-refractivity contribution >= 4 is 17.9 Å². The fourth-order valence-electron chi connectivity index (χ4n) is 3.36. The predicted octanol–water partition coefficient (Wildman–Crippen LogP) is 2.49. The largest absolute Gasteiger partial charge is 0.504 e. The molecular formula is C21H24N2O4. The zero-order chi connectivity index (χ0) is 19.2. The van der Waals surface area contributed by atoms with E-state index in [0.717, 1.165) is 43.5 Å². The summed E-state index contributed by atoms with van der Waals surface area (Å²) in [6, 6.07) is 12.2. The Kier molecular flexibility index (Phi) is 5.96. The van der Waals surface area contributed by atoms with Crippen molar-refractivity contribution in [3.05, 3.63) is 53.6 Å². The van der Waals surface area contributed by atoms with Gasteiger partial charge in [0, 0.05) is 36.8 Å². The van der Waals surface area contributed by atoms with Crippen LogP contribution in [0.4, 0.5) is 5.69 Å². The lowest BCUT2D eigenvalue weighted by atomic mass is 9.95. The van der Waals surface area contributed by atoms with E-state index >= 15 is 0 Å². The molecule has 6 nitrogen and oxygen atoms in total. The molecule has 142 valence electrons. The minimum absolute atomic E-state index is 0.00344. The molecule has 0 aliphatic carbocycles. The van der Waals surface area contributed by atoms with Crippen molar-refractivity contribution in [1.29, 1.82) is 0 Å². The Labute approximate surface area is 158 Å². The summed E-state index contributed by atoms with van der Waals surface area (Å²) in [5.41, 5.74) is 2.60.